The summed E-state index contributed by atoms with van der Waals surface area (Å²) in [4.78, 5) is 0. The molecule has 0 aliphatic rings. The fourth-order valence-electron chi connectivity index (χ4n) is 0. The summed E-state index contributed by atoms with van der Waals surface area (Å²) in [6.07, 6.45) is 0. The molecular weight excluding hydrogens is 286 g/mol. The molecule has 0 saturated carbocycles. The van der Waals surface area contributed by atoms with Gasteiger partial charge in [-0.05, 0) is 0 Å². The second-order valence-corrected chi connectivity index (χ2v) is 2.33. The van der Waals surface area contributed by atoms with E-state index in [1.54, 1.807) is 0 Å². The molecular formula is O3U. The predicted molar refractivity (Wildman–Crippen MR) is 2.06 cm³/mol. The van der Waals surface area contributed by atoms with E-state index in [0.29, 0.717) is 0 Å². The van der Waals surface area contributed by atoms with Gasteiger partial charge in [0.2, 0.25) is 0 Å². The first-order chi connectivity index (χ1) is 1.73. The number of rotatable bonds is 0. The third kappa shape index (κ3) is 25.3. The van der Waals surface area contributed by atoms with Crippen LogP contribution in [0.25, 0.3) is 0 Å². The minimum absolute atomic E-state index is 4.48. The summed E-state index contributed by atoms with van der Waals surface area (Å²) in [6.45, 7) is 0. The van der Waals surface area contributed by atoms with Gasteiger partial charge in [-0.2, -0.15) is 0 Å². The van der Waals surface area contributed by atoms with Gasteiger partial charge in [-0.25, -0.2) is 0 Å². The summed E-state index contributed by atoms with van der Waals surface area (Å²) >= 11 is -4.48. The molecule has 4 heteroatoms. The van der Waals surface area contributed by atoms with Crippen molar-refractivity contribution in [2.45, 2.75) is 0 Å². The Balaban J connectivity index is 4.65. The van der Waals surface area contributed by atoms with Crippen LogP contribution in [-0.4, -0.2) is 0 Å². The van der Waals surface area contributed by atoms with Crippen LogP contribution < -0.4 is 0 Å². The molecule has 0 atom stereocenters. The molecule has 0 heterocycles. The van der Waals surface area contributed by atoms with Crippen molar-refractivity contribution >= 4 is 0 Å². The zero-order valence-corrected chi connectivity index (χ0v) is 5.89. The first kappa shape index (κ1) is 4.45. The van der Waals surface area contributed by atoms with E-state index in [1.165, 1.54) is 0 Å². The molecule has 0 aliphatic heterocycles. The van der Waals surface area contributed by atoms with Crippen molar-refractivity contribution in [3.8, 4) is 0 Å². The maximum atomic E-state index is 8.64. The van der Waals surface area contributed by atoms with Crippen LogP contribution >= 0.6 is 0 Å². The Hall–Kier alpha value is 0.452. The Morgan fingerprint density at radius 1 is 1.00 bits per heavy atom. The molecule has 0 aliphatic carbocycles. The van der Waals surface area contributed by atoms with E-state index in [-0.39, 0.29) is 0 Å². The molecule has 4 heavy (non-hydrogen) atoms. The Kier molecular flexibility index (Phi) is 1.94. The summed E-state index contributed by atoms with van der Waals surface area (Å²) in [5, 5.41) is 0. The van der Waals surface area contributed by atoms with Crippen molar-refractivity contribution in [1.82, 2.24) is 0 Å². The van der Waals surface area contributed by atoms with Gasteiger partial charge in [0.25, 0.3) is 0 Å². The van der Waals surface area contributed by atoms with Crippen LogP contribution in [0, 0.1) is 26.2 Å². The standard InChI is InChI=1S/3O.U. The van der Waals surface area contributed by atoms with Gasteiger partial charge in [0.1, 0.15) is 0 Å². The van der Waals surface area contributed by atoms with Gasteiger partial charge in [0.15, 0.2) is 0 Å². The van der Waals surface area contributed by atoms with E-state index in [9.17, 15) is 0 Å². The molecule has 0 aromatic heterocycles. The van der Waals surface area contributed by atoms with E-state index in [1.807, 2.05) is 0 Å². The van der Waals surface area contributed by atoms with E-state index >= 15 is 0 Å². The summed E-state index contributed by atoms with van der Waals surface area (Å²) in [6, 6.07) is 0. The number of hydrogen-bond acceptors (Lipinski definition) is 3. The number of hydrogen-bond donors (Lipinski definition) is 0. The quantitative estimate of drug-likeness (QED) is 0.611. The molecule has 0 aromatic carbocycles. The summed E-state index contributed by atoms with van der Waals surface area (Å²) in [7, 11) is 0. The van der Waals surface area contributed by atoms with E-state index in [2.05, 4.69) is 0 Å². The third-order valence-electron chi connectivity index (χ3n) is 0. The molecule has 0 N–H and O–H groups in total. The van der Waals surface area contributed by atoms with Crippen LogP contribution in [-0.2, 0) is 6.71 Å². The van der Waals surface area contributed by atoms with E-state index in [0.717, 1.165) is 0 Å². The Bertz CT molecular complexity index is 72.7. The maximum absolute atomic E-state index is 8.64. The van der Waals surface area contributed by atoms with Crippen LogP contribution in [0.3, 0.4) is 0 Å². The van der Waals surface area contributed by atoms with Crippen LogP contribution in [0.5, 0.6) is 0 Å². The summed E-state index contributed by atoms with van der Waals surface area (Å²) in [5.41, 5.74) is 0. The van der Waals surface area contributed by atoms with E-state index < -0.39 is 26.2 Å². The molecule has 0 amide bonds. The molecule has 0 radical (unpaired) electrons. The van der Waals surface area contributed by atoms with Crippen molar-refractivity contribution in [3.63, 3.8) is 0 Å². The van der Waals surface area contributed by atoms with Crippen molar-refractivity contribution in [1.29, 1.82) is 0 Å². The molecule has 0 aromatic rings. The van der Waals surface area contributed by atoms with Crippen molar-refractivity contribution < 1.29 is 32.9 Å². The fraction of sp³-hybridized carbons (Fsp3) is 0. The fourth-order valence-corrected chi connectivity index (χ4v) is 0. The Morgan fingerprint density at radius 3 is 1.00 bits per heavy atom. The molecule has 0 bridgehead atoms. The molecule has 0 fully saturated rings. The molecule has 3 nitrogen and oxygen atoms in total. The first-order valence-electron chi connectivity index (χ1n) is 0.612. The van der Waals surface area contributed by atoms with Gasteiger partial charge < -0.3 is 0 Å². The van der Waals surface area contributed by atoms with Gasteiger partial charge in [-0.1, -0.05) is 0 Å². The van der Waals surface area contributed by atoms with E-state index in [4.69, 9.17) is 6.71 Å². The second-order valence-electron chi connectivity index (χ2n) is 0.250. The third-order valence-corrected chi connectivity index (χ3v) is 0. The summed E-state index contributed by atoms with van der Waals surface area (Å²) < 4.78 is 25.9. The van der Waals surface area contributed by atoms with Crippen LogP contribution in [0.4, 0.5) is 0 Å². The van der Waals surface area contributed by atoms with Crippen molar-refractivity contribution in [3.05, 3.63) is 0 Å². The van der Waals surface area contributed by atoms with Crippen molar-refractivity contribution in [2.24, 2.45) is 0 Å². The topological polar surface area (TPSA) is 51.2 Å². The monoisotopic (exact) mass is 286 g/mol. The van der Waals surface area contributed by atoms with Crippen LogP contribution in [0.2, 0.25) is 0 Å². The molecule has 0 spiro atoms. The Labute approximate surface area is 33.0 Å². The normalized spacial score (nSPS) is 6.00. The van der Waals surface area contributed by atoms with Gasteiger partial charge in [0, 0.05) is 0 Å². The average Bonchev–Trinajstić information content (AvgIpc) is 0.811. The first-order valence-corrected chi connectivity index (χ1v) is 5.71. The van der Waals surface area contributed by atoms with Gasteiger partial charge >= 0.3 is 32.9 Å². The van der Waals surface area contributed by atoms with Crippen LogP contribution in [0.15, 0.2) is 0 Å². The van der Waals surface area contributed by atoms with Gasteiger partial charge in [-0.15, -0.1) is 0 Å². The zero-order chi connectivity index (χ0) is 3.58. The SMILES string of the molecule is [O]=[U](=[O])=[O]. The second kappa shape index (κ2) is 1.74. The molecule has 0 saturated heterocycles. The molecule has 0 rings (SSSR count). The van der Waals surface area contributed by atoms with Gasteiger partial charge in [-0.3, -0.25) is 0 Å². The zero-order valence-electron chi connectivity index (χ0n) is 1.72. The summed E-state index contributed by atoms with van der Waals surface area (Å²) in [5.74, 6) is 0. The average molecular weight is 286 g/mol. The Morgan fingerprint density at radius 2 is 1.00 bits per heavy atom. The molecule has 22 valence electrons. The van der Waals surface area contributed by atoms with Gasteiger partial charge in [0.05, 0.1) is 0 Å². The predicted octanol–water partition coefficient (Wildman–Crippen LogP) is -0.356. The molecule has 0 unspecified atom stereocenters. The van der Waals surface area contributed by atoms with Crippen molar-refractivity contribution in [2.75, 3.05) is 0 Å². The minimum atomic E-state index is -4.48. The van der Waals surface area contributed by atoms with Crippen LogP contribution in [0.1, 0.15) is 0 Å².